The molecule has 1 aromatic carbocycles. The van der Waals surface area contributed by atoms with Crippen molar-refractivity contribution in [3.63, 3.8) is 0 Å². The van der Waals surface area contributed by atoms with Gasteiger partial charge in [-0.15, -0.1) is 10.2 Å². The highest BCUT2D eigenvalue weighted by Crippen LogP contribution is 2.32. The second-order valence-electron chi connectivity index (χ2n) is 6.70. The van der Waals surface area contributed by atoms with Crippen molar-refractivity contribution < 1.29 is 9.59 Å². The van der Waals surface area contributed by atoms with Gasteiger partial charge in [-0.25, -0.2) is 4.79 Å². The van der Waals surface area contributed by atoms with E-state index >= 15 is 0 Å². The molecule has 7 nitrogen and oxygen atoms in total. The minimum atomic E-state index is -0.491. The van der Waals surface area contributed by atoms with Gasteiger partial charge in [0.05, 0.1) is 5.75 Å². The molecular formula is C19H25N5O2S. The SMILES string of the molecule is Cc1nnc(SCC(=O)NC(=O)NCc2ccccc2)n1C1CCCCC1. The number of nitrogens with zero attached hydrogens (tertiary/aromatic N) is 3. The summed E-state index contributed by atoms with van der Waals surface area (Å²) < 4.78 is 2.15. The summed E-state index contributed by atoms with van der Waals surface area (Å²) in [5, 5.41) is 14.2. The molecule has 1 fully saturated rings. The molecule has 27 heavy (non-hydrogen) atoms. The number of amides is 3. The van der Waals surface area contributed by atoms with Crippen molar-refractivity contribution >= 4 is 23.7 Å². The number of nitrogens with one attached hydrogen (secondary N) is 2. The van der Waals surface area contributed by atoms with E-state index in [9.17, 15) is 9.59 Å². The van der Waals surface area contributed by atoms with Crippen LogP contribution in [0.4, 0.5) is 4.79 Å². The molecule has 1 heterocycles. The van der Waals surface area contributed by atoms with Gasteiger partial charge >= 0.3 is 6.03 Å². The molecule has 0 atom stereocenters. The number of hydrogen-bond acceptors (Lipinski definition) is 5. The van der Waals surface area contributed by atoms with E-state index in [0.29, 0.717) is 12.6 Å². The van der Waals surface area contributed by atoms with Gasteiger partial charge in [0.25, 0.3) is 0 Å². The maximum Gasteiger partial charge on any atom is 0.321 e. The van der Waals surface area contributed by atoms with Crippen LogP contribution in [0, 0.1) is 6.92 Å². The Balaban J connectivity index is 1.47. The summed E-state index contributed by atoms with van der Waals surface area (Å²) in [4.78, 5) is 24.0. The lowest BCUT2D eigenvalue weighted by Crippen LogP contribution is -2.40. The molecule has 144 valence electrons. The zero-order valence-electron chi connectivity index (χ0n) is 15.5. The van der Waals surface area contributed by atoms with Gasteiger partial charge in [-0.05, 0) is 25.3 Å². The van der Waals surface area contributed by atoms with E-state index in [2.05, 4.69) is 25.4 Å². The molecule has 0 radical (unpaired) electrons. The number of benzene rings is 1. The number of aryl methyl sites for hydroxylation is 1. The van der Waals surface area contributed by atoms with Gasteiger partial charge in [0.2, 0.25) is 5.91 Å². The van der Waals surface area contributed by atoms with Crippen LogP contribution in [0.2, 0.25) is 0 Å². The van der Waals surface area contributed by atoms with Gasteiger partial charge in [0, 0.05) is 12.6 Å². The Labute approximate surface area is 163 Å². The Morgan fingerprint density at radius 1 is 1.15 bits per heavy atom. The van der Waals surface area contributed by atoms with Crippen LogP contribution in [-0.4, -0.2) is 32.5 Å². The number of imide groups is 1. The van der Waals surface area contributed by atoms with Crippen molar-refractivity contribution in [2.75, 3.05) is 5.75 Å². The Kier molecular flexibility index (Phi) is 6.86. The Morgan fingerprint density at radius 2 is 1.89 bits per heavy atom. The molecule has 1 saturated carbocycles. The molecule has 1 aliphatic carbocycles. The van der Waals surface area contributed by atoms with E-state index in [1.54, 1.807) is 0 Å². The van der Waals surface area contributed by atoms with E-state index in [0.717, 1.165) is 29.4 Å². The Morgan fingerprint density at radius 3 is 2.63 bits per heavy atom. The molecule has 1 aliphatic rings. The van der Waals surface area contributed by atoms with E-state index in [-0.39, 0.29) is 11.7 Å². The molecule has 0 bridgehead atoms. The molecule has 2 N–H and O–H groups in total. The van der Waals surface area contributed by atoms with Crippen LogP contribution < -0.4 is 10.6 Å². The third kappa shape index (κ3) is 5.56. The molecule has 0 aliphatic heterocycles. The predicted molar refractivity (Wildman–Crippen MR) is 104 cm³/mol. The number of hydrogen-bond donors (Lipinski definition) is 2. The first kappa shape index (κ1) is 19.4. The topological polar surface area (TPSA) is 88.9 Å². The van der Waals surface area contributed by atoms with Gasteiger partial charge < -0.3 is 9.88 Å². The number of thioether (sulfide) groups is 1. The summed E-state index contributed by atoms with van der Waals surface area (Å²) in [7, 11) is 0. The quantitative estimate of drug-likeness (QED) is 0.743. The standard InChI is InChI=1S/C19H25N5O2S/c1-14-22-23-19(24(14)16-10-6-3-7-11-16)27-13-17(25)21-18(26)20-12-15-8-4-2-5-9-15/h2,4-5,8-9,16H,3,6-7,10-13H2,1H3,(H2,20,21,25,26). The average Bonchev–Trinajstić information content (AvgIpc) is 3.07. The smallest absolute Gasteiger partial charge is 0.321 e. The van der Waals surface area contributed by atoms with Crippen molar-refractivity contribution in [3.05, 3.63) is 41.7 Å². The highest BCUT2D eigenvalue weighted by molar-refractivity contribution is 7.99. The molecule has 3 amide bonds. The summed E-state index contributed by atoms with van der Waals surface area (Å²) in [6, 6.07) is 9.47. The van der Waals surface area contributed by atoms with Gasteiger partial charge in [-0.2, -0.15) is 0 Å². The third-order valence-corrected chi connectivity index (χ3v) is 5.60. The number of urea groups is 1. The van der Waals surface area contributed by atoms with Crippen LogP contribution in [0.25, 0.3) is 0 Å². The first-order valence-electron chi connectivity index (χ1n) is 9.29. The number of carbonyl (C=O) groups is 2. The van der Waals surface area contributed by atoms with E-state index in [1.165, 1.54) is 31.0 Å². The van der Waals surface area contributed by atoms with Crippen molar-refractivity contribution in [3.8, 4) is 0 Å². The zero-order chi connectivity index (χ0) is 19.1. The molecule has 8 heteroatoms. The molecule has 2 aromatic rings. The van der Waals surface area contributed by atoms with Crippen molar-refractivity contribution in [1.29, 1.82) is 0 Å². The lowest BCUT2D eigenvalue weighted by Gasteiger charge is -2.24. The van der Waals surface area contributed by atoms with Gasteiger partial charge in [-0.1, -0.05) is 61.4 Å². The lowest BCUT2D eigenvalue weighted by atomic mass is 9.95. The number of carbonyl (C=O) groups excluding carboxylic acids is 2. The Bertz CT molecular complexity index is 772. The van der Waals surface area contributed by atoms with E-state index < -0.39 is 6.03 Å². The summed E-state index contributed by atoms with van der Waals surface area (Å²) in [6.07, 6.45) is 5.96. The monoisotopic (exact) mass is 387 g/mol. The normalized spacial score (nSPS) is 14.7. The first-order valence-corrected chi connectivity index (χ1v) is 10.3. The summed E-state index contributed by atoms with van der Waals surface area (Å²) in [6.45, 7) is 2.32. The average molecular weight is 388 g/mol. The van der Waals surface area contributed by atoms with Crippen molar-refractivity contribution in [2.24, 2.45) is 0 Å². The van der Waals surface area contributed by atoms with Crippen LogP contribution in [0.3, 0.4) is 0 Å². The minimum absolute atomic E-state index is 0.129. The maximum atomic E-state index is 12.1. The van der Waals surface area contributed by atoms with Crippen LogP contribution >= 0.6 is 11.8 Å². The Hall–Kier alpha value is -2.35. The summed E-state index contributed by atoms with van der Waals surface area (Å²) >= 11 is 1.32. The fraction of sp³-hybridized carbons (Fsp3) is 0.474. The van der Waals surface area contributed by atoms with Gasteiger partial charge in [0.15, 0.2) is 5.16 Å². The molecule has 0 saturated heterocycles. The number of rotatable bonds is 6. The molecule has 3 rings (SSSR count). The zero-order valence-corrected chi connectivity index (χ0v) is 16.3. The highest BCUT2D eigenvalue weighted by Gasteiger charge is 2.22. The molecule has 0 unspecified atom stereocenters. The largest absolute Gasteiger partial charge is 0.334 e. The summed E-state index contributed by atoms with van der Waals surface area (Å²) in [5.74, 6) is 0.663. The van der Waals surface area contributed by atoms with Crippen LogP contribution in [0.1, 0.15) is 49.5 Å². The molecule has 0 spiro atoms. The van der Waals surface area contributed by atoms with E-state index in [1.807, 2.05) is 37.3 Å². The van der Waals surface area contributed by atoms with Crippen LogP contribution in [-0.2, 0) is 11.3 Å². The molecular weight excluding hydrogens is 362 g/mol. The van der Waals surface area contributed by atoms with Crippen LogP contribution in [0.5, 0.6) is 0 Å². The fourth-order valence-corrected chi connectivity index (χ4v) is 4.17. The second kappa shape index (κ2) is 9.55. The third-order valence-electron chi connectivity index (χ3n) is 4.66. The maximum absolute atomic E-state index is 12.1. The fourth-order valence-electron chi connectivity index (χ4n) is 3.32. The molecule has 1 aromatic heterocycles. The first-order chi connectivity index (χ1) is 13.1. The van der Waals surface area contributed by atoms with Gasteiger partial charge in [-0.3, -0.25) is 10.1 Å². The highest BCUT2D eigenvalue weighted by atomic mass is 32.2. The minimum Gasteiger partial charge on any atom is -0.334 e. The predicted octanol–water partition coefficient (Wildman–Crippen LogP) is 3.21. The van der Waals surface area contributed by atoms with Crippen molar-refractivity contribution in [1.82, 2.24) is 25.4 Å². The van der Waals surface area contributed by atoms with E-state index in [4.69, 9.17) is 0 Å². The number of aromatic nitrogens is 3. The lowest BCUT2D eigenvalue weighted by molar-refractivity contribution is -0.117. The summed E-state index contributed by atoms with van der Waals surface area (Å²) in [5.41, 5.74) is 0.977. The van der Waals surface area contributed by atoms with Gasteiger partial charge in [0.1, 0.15) is 5.82 Å². The van der Waals surface area contributed by atoms with Crippen molar-refractivity contribution in [2.45, 2.75) is 56.8 Å². The van der Waals surface area contributed by atoms with Crippen LogP contribution in [0.15, 0.2) is 35.5 Å². The second-order valence-corrected chi connectivity index (χ2v) is 7.64.